The van der Waals surface area contributed by atoms with Crippen molar-refractivity contribution in [2.24, 2.45) is 0 Å². The summed E-state index contributed by atoms with van der Waals surface area (Å²) in [6, 6.07) is 10.4. The van der Waals surface area contributed by atoms with Crippen molar-refractivity contribution in [1.82, 2.24) is 20.1 Å². The van der Waals surface area contributed by atoms with Gasteiger partial charge in [-0.2, -0.15) is 5.10 Å². The van der Waals surface area contributed by atoms with Gasteiger partial charge in [-0.05, 0) is 48.3 Å². The number of carbonyl (C=O) groups excluding carboxylic acids is 2. The highest BCUT2D eigenvalue weighted by atomic mass is 32.1. The van der Waals surface area contributed by atoms with Gasteiger partial charge in [0.25, 0.3) is 0 Å². The van der Waals surface area contributed by atoms with Crippen LogP contribution in [0.4, 0.5) is 10.5 Å². The van der Waals surface area contributed by atoms with Gasteiger partial charge in [0.1, 0.15) is 6.04 Å². The summed E-state index contributed by atoms with van der Waals surface area (Å²) in [5.74, 6) is 0.466. The van der Waals surface area contributed by atoms with E-state index in [0.717, 1.165) is 10.4 Å². The van der Waals surface area contributed by atoms with Crippen LogP contribution in [0.5, 0.6) is 0 Å². The minimum atomic E-state index is -0.534. The predicted molar refractivity (Wildman–Crippen MR) is 110 cm³/mol. The number of thiophene rings is 1. The highest BCUT2D eigenvalue weighted by molar-refractivity contribution is 7.71. The molecule has 3 rings (SSSR count). The number of ether oxygens (including phenoxy) is 1. The molecule has 3 N–H and O–H groups in total. The number of methoxy groups -OCH3 is 1. The monoisotopic (exact) mass is 417 g/mol. The third-order valence-corrected chi connectivity index (χ3v) is 5.22. The van der Waals surface area contributed by atoms with Crippen molar-refractivity contribution < 1.29 is 14.3 Å². The fourth-order valence-corrected chi connectivity index (χ4v) is 3.57. The lowest BCUT2D eigenvalue weighted by atomic mass is 10.2. The third kappa shape index (κ3) is 4.46. The molecule has 0 saturated carbocycles. The molecule has 146 valence electrons. The lowest BCUT2D eigenvalue weighted by molar-refractivity contribution is -0.124. The summed E-state index contributed by atoms with van der Waals surface area (Å²) >= 11 is 6.83. The van der Waals surface area contributed by atoms with Gasteiger partial charge in [-0.3, -0.25) is 19.8 Å². The van der Waals surface area contributed by atoms with Gasteiger partial charge in [0, 0.05) is 12.2 Å². The topological polar surface area (TPSA) is 101 Å². The number of benzene rings is 1. The number of amides is 2. The van der Waals surface area contributed by atoms with Gasteiger partial charge in [0.2, 0.25) is 5.91 Å². The minimum Gasteiger partial charge on any atom is -0.453 e. The maximum atomic E-state index is 12.7. The first-order valence-corrected chi connectivity index (χ1v) is 9.70. The van der Waals surface area contributed by atoms with E-state index < -0.39 is 12.1 Å². The highest BCUT2D eigenvalue weighted by Gasteiger charge is 2.21. The van der Waals surface area contributed by atoms with Crippen molar-refractivity contribution in [3.8, 4) is 10.7 Å². The van der Waals surface area contributed by atoms with E-state index >= 15 is 0 Å². The summed E-state index contributed by atoms with van der Waals surface area (Å²) in [5, 5.41) is 14.4. The zero-order valence-corrected chi connectivity index (χ0v) is 16.9. The van der Waals surface area contributed by atoms with Gasteiger partial charge in [0.05, 0.1) is 12.0 Å². The summed E-state index contributed by atoms with van der Waals surface area (Å²) in [6.45, 7) is 2.13. The van der Waals surface area contributed by atoms with Crippen LogP contribution < -0.4 is 10.6 Å². The van der Waals surface area contributed by atoms with Crippen LogP contribution in [0.1, 0.15) is 18.5 Å². The van der Waals surface area contributed by atoms with Gasteiger partial charge in [-0.25, -0.2) is 4.79 Å². The number of hydrogen-bond donors (Lipinski definition) is 3. The molecule has 0 aliphatic rings. The van der Waals surface area contributed by atoms with Crippen LogP contribution in [0.25, 0.3) is 10.7 Å². The van der Waals surface area contributed by atoms with Crippen LogP contribution in [0.3, 0.4) is 0 Å². The van der Waals surface area contributed by atoms with E-state index in [1.165, 1.54) is 18.4 Å². The second kappa shape index (κ2) is 8.81. The normalized spacial score (nSPS) is 11.6. The van der Waals surface area contributed by atoms with Gasteiger partial charge < -0.3 is 10.1 Å². The summed E-state index contributed by atoms with van der Waals surface area (Å²) < 4.78 is 6.65. The molecular weight excluding hydrogens is 398 g/mol. The zero-order chi connectivity index (χ0) is 20.1. The minimum absolute atomic E-state index is 0.174. The number of nitrogens with one attached hydrogen (secondary N) is 3. The average Bonchev–Trinajstić information content (AvgIpc) is 3.36. The predicted octanol–water partition coefficient (Wildman–Crippen LogP) is 3.72. The van der Waals surface area contributed by atoms with Crippen molar-refractivity contribution in [2.75, 3.05) is 12.4 Å². The molecule has 0 bridgehead atoms. The first kappa shape index (κ1) is 19.8. The second-order valence-electron chi connectivity index (χ2n) is 5.91. The molecule has 1 atom stereocenters. The van der Waals surface area contributed by atoms with Crippen molar-refractivity contribution in [3.05, 3.63) is 52.1 Å². The number of anilines is 1. The standard InChI is InChI=1S/C18H19N5O3S2/c1-11(23-15(21-22-17(23)27)14-4-3-9-28-14)16(24)19-10-12-5-7-13(8-6-12)20-18(25)26-2/h3-9,11H,10H2,1-2H3,(H,19,24)(H,20,25)(H,22,27). The number of aromatic amines is 1. The summed E-state index contributed by atoms with van der Waals surface area (Å²) in [7, 11) is 1.30. The lowest BCUT2D eigenvalue weighted by Gasteiger charge is -2.15. The summed E-state index contributed by atoms with van der Waals surface area (Å²) in [4.78, 5) is 24.8. The molecule has 0 saturated heterocycles. The Morgan fingerprint density at radius 3 is 2.71 bits per heavy atom. The Kier molecular flexibility index (Phi) is 6.22. The van der Waals surface area contributed by atoms with E-state index in [1.54, 1.807) is 23.6 Å². The van der Waals surface area contributed by atoms with Crippen LogP contribution in [0.2, 0.25) is 0 Å². The maximum absolute atomic E-state index is 12.7. The Morgan fingerprint density at radius 1 is 1.32 bits per heavy atom. The second-order valence-corrected chi connectivity index (χ2v) is 7.24. The molecule has 10 heteroatoms. The van der Waals surface area contributed by atoms with E-state index in [9.17, 15) is 9.59 Å². The SMILES string of the molecule is COC(=O)Nc1ccc(CNC(=O)C(C)n2c(-c3cccs3)n[nH]c2=S)cc1. The van der Waals surface area contributed by atoms with Crippen LogP contribution in [0.15, 0.2) is 41.8 Å². The Labute approximate surface area is 170 Å². The number of rotatable bonds is 6. The number of hydrogen-bond acceptors (Lipinski definition) is 6. The number of H-pyrrole nitrogens is 1. The molecule has 2 amide bonds. The largest absolute Gasteiger partial charge is 0.453 e. The van der Waals surface area contributed by atoms with Gasteiger partial charge >= 0.3 is 6.09 Å². The van der Waals surface area contributed by atoms with Crippen molar-refractivity contribution in [3.63, 3.8) is 0 Å². The van der Waals surface area contributed by atoms with Crippen LogP contribution in [-0.2, 0) is 16.1 Å². The van der Waals surface area contributed by atoms with E-state index in [1.807, 2.05) is 29.6 Å². The first-order chi connectivity index (χ1) is 13.5. The van der Waals surface area contributed by atoms with Crippen molar-refractivity contribution in [1.29, 1.82) is 0 Å². The zero-order valence-electron chi connectivity index (χ0n) is 15.3. The van der Waals surface area contributed by atoms with E-state index in [-0.39, 0.29) is 5.91 Å². The molecule has 8 nitrogen and oxygen atoms in total. The summed E-state index contributed by atoms with van der Waals surface area (Å²) in [5.41, 5.74) is 1.51. The van der Waals surface area contributed by atoms with Crippen molar-refractivity contribution in [2.45, 2.75) is 19.5 Å². The smallest absolute Gasteiger partial charge is 0.411 e. The average molecular weight is 418 g/mol. The molecule has 28 heavy (non-hydrogen) atoms. The maximum Gasteiger partial charge on any atom is 0.411 e. The van der Waals surface area contributed by atoms with Gasteiger partial charge in [0.15, 0.2) is 10.6 Å². The Balaban J connectivity index is 1.65. The van der Waals surface area contributed by atoms with Gasteiger partial charge in [-0.1, -0.05) is 18.2 Å². The lowest BCUT2D eigenvalue weighted by Crippen LogP contribution is -2.31. The molecule has 3 aromatic rings. The first-order valence-electron chi connectivity index (χ1n) is 8.42. The molecule has 1 aromatic carbocycles. The molecule has 0 radical (unpaired) electrons. The summed E-state index contributed by atoms with van der Waals surface area (Å²) in [6.07, 6.45) is -0.534. The highest BCUT2D eigenvalue weighted by Crippen LogP contribution is 2.25. The molecule has 0 aliphatic carbocycles. The third-order valence-electron chi connectivity index (χ3n) is 4.07. The molecule has 2 aromatic heterocycles. The van der Waals surface area contributed by atoms with E-state index in [2.05, 4.69) is 25.6 Å². The molecule has 0 fully saturated rings. The van der Waals surface area contributed by atoms with Crippen molar-refractivity contribution >= 4 is 41.2 Å². The van der Waals surface area contributed by atoms with Gasteiger partial charge in [-0.15, -0.1) is 11.3 Å². The molecular formula is C18H19N5O3S2. The van der Waals surface area contributed by atoms with Crippen LogP contribution >= 0.6 is 23.6 Å². The molecule has 0 spiro atoms. The number of nitrogens with zero attached hydrogens (tertiary/aromatic N) is 2. The van der Waals surface area contributed by atoms with Crippen LogP contribution in [-0.4, -0.2) is 33.9 Å². The van der Waals surface area contributed by atoms with E-state index in [4.69, 9.17) is 12.2 Å². The molecule has 0 aliphatic heterocycles. The van der Waals surface area contributed by atoms with E-state index in [0.29, 0.717) is 22.8 Å². The molecule has 2 heterocycles. The Bertz CT molecular complexity index is 1010. The van der Waals surface area contributed by atoms with Crippen LogP contribution in [0, 0.1) is 4.77 Å². The fourth-order valence-electron chi connectivity index (χ4n) is 2.57. The quantitative estimate of drug-likeness (QED) is 0.531. The number of aromatic nitrogens is 3. The fraction of sp³-hybridized carbons (Fsp3) is 0.222. The Hall–Kier alpha value is -2.98. The number of carbonyl (C=O) groups is 2. The molecule has 1 unspecified atom stereocenters. The Morgan fingerprint density at radius 2 is 2.07 bits per heavy atom.